The quantitative estimate of drug-likeness (QED) is 0.905. The van der Waals surface area contributed by atoms with Crippen LogP contribution >= 0.6 is 0 Å². The second-order valence-corrected chi connectivity index (χ2v) is 4.52. The van der Waals surface area contributed by atoms with Gasteiger partial charge in [-0.25, -0.2) is 4.79 Å². The first-order valence-corrected chi connectivity index (χ1v) is 6.30. The fraction of sp³-hybridized carbons (Fsp3) is 0.125. The van der Waals surface area contributed by atoms with Gasteiger partial charge in [-0.15, -0.1) is 0 Å². The first kappa shape index (κ1) is 14.6. The summed E-state index contributed by atoms with van der Waals surface area (Å²) in [5, 5.41) is 11.7. The Labute approximate surface area is 122 Å². The van der Waals surface area contributed by atoms with Crippen LogP contribution in [0, 0.1) is 6.92 Å². The highest BCUT2D eigenvalue weighted by atomic mass is 16.5. The highest BCUT2D eigenvalue weighted by Gasteiger charge is 2.10. The number of amides is 1. The number of anilines is 1. The fourth-order valence-electron chi connectivity index (χ4n) is 1.88. The van der Waals surface area contributed by atoms with Gasteiger partial charge in [0.2, 0.25) is 0 Å². The lowest BCUT2D eigenvalue weighted by Gasteiger charge is -2.08. The molecule has 0 saturated heterocycles. The minimum atomic E-state index is -1.02. The van der Waals surface area contributed by atoms with Gasteiger partial charge in [0.1, 0.15) is 5.75 Å². The first-order chi connectivity index (χ1) is 10.0. The average molecular weight is 285 g/mol. The number of rotatable bonds is 4. The number of ether oxygens (including phenoxy) is 1. The molecule has 2 N–H and O–H groups in total. The molecule has 2 aromatic carbocycles. The van der Waals surface area contributed by atoms with Crippen LogP contribution in [0.2, 0.25) is 0 Å². The van der Waals surface area contributed by atoms with Crippen molar-refractivity contribution >= 4 is 17.6 Å². The lowest BCUT2D eigenvalue weighted by molar-refractivity contribution is 0.0695. The van der Waals surface area contributed by atoms with E-state index in [1.807, 2.05) is 0 Å². The summed E-state index contributed by atoms with van der Waals surface area (Å²) >= 11 is 0. The van der Waals surface area contributed by atoms with Crippen molar-refractivity contribution in [1.82, 2.24) is 0 Å². The molecule has 0 radical (unpaired) electrons. The molecule has 108 valence electrons. The highest BCUT2D eigenvalue weighted by molar-refractivity contribution is 6.05. The van der Waals surface area contributed by atoms with Gasteiger partial charge in [0, 0.05) is 11.3 Å². The van der Waals surface area contributed by atoms with Gasteiger partial charge < -0.3 is 15.2 Å². The standard InChI is InChI=1S/C16H15NO4/c1-10-3-6-12(9-14(10)16(19)20)17-15(18)11-4-7-13(21-2)8-5-11/h3-9H,1-2H3,(H,17,18)(H,19,20). The zero-order valence-corrected chi connectivity index (χ0v) is 11.7. The fourth-order valence-corrected chi connectivity index (χ4v) is 1.88. The molecule has 0 atom stereocenters. The first-order valence-electron chi connectivity index (χ1n) is 6.30. The number of hydrogen-bond acceptors (Lipinski definition) is 3. The Balaban J connectivity index is 2.19. The summed E-state index contributed by atoms with van der Waals surface area (Å²) in [5.74, 6) is -0.666. The van der Waals surface area contributed by atoms with E-state index < -0.39 is 5.97 Å². The molecule has 0 aliphatic heterocycles. The minimum absolute atomic E-state index is 0.169. The number of carboxylic acids is 1. The van der Waals surface area contributed by atoms with E-state index in [2.05, 4.69) is 5.32 Å². The van der Waals surface area contributed by atoms with Crippen molar-refractivity contribution in [1.29, 1.82) is 0 Å². The van der Waals surface area contributed by atoms with Crippen molar-refractivity contribution in [2.24, 2.45) is 0 Å². The maximum Gasteiger partial charge on any atom is 0.336 e. The van der Waals surface area contributed by atoms with E-state index in [4.69, 9.17) is 9.84 Å². The van der Waals surface area contributed by atoms with Crippen LogP contribution < -0.4 is 10.1 Å². The molecule has 2 rings (SSSR count). The van der Waals surface area contributed by atoms with Gasteiger partial charge in [-0.1, -0.05) is 6.07 Å². The van der Waals surface area contributed by atoms with Crippen LogP contribution in [0.25, 0.3) is 0 Å². The summed E-state index contributed by atoms with van der Waals surface area (Å²) < 4.78 is 5.03. The Kier molecular flexibility index (Phi) is 4.23. The highest BCUT2D eigenvalue weighted by Crippen LogP contribution is 2.17. The van der Waals surface area contributed by atoms with Crippen LogP contribution in [-0.4, -0.2) is 24.1 Å². The predicted molar refractivity (Wildman–Crippen MR) is 79.1 cm³/mol. The number of carbonyl (C=O) groups excluding carboxylic acids is 1. The summed E-state index contributed by atoms with van der Waals surface area (Å²) in [5.41, 5.74) is 1.72. The molecule has 0 aliphatic carbocycles. The third kappa shape index (κ3) is 3.39. The van der Waals surface area contributed by atoms with E-state index in [0.29, 0.717) is 22.6 Å². The van der Waals surface area contributed by atoms with Crippen LogP contribution in [0.4, 0.5) is 5.69 Å². The SMILES string of the molecule is COc1ccc(C(=O)Nc2ccc(C)c(C(=O)O)c2)cc1. The van der Waals surface area contributed by atoms with Crippen molar-refractivity contribution in [2.45, 2.75) is 6.92 Å². The molecule has 5 nitrogen and oxygen atoms in total. The van der Waals surface area contributed by atoms with Gasteiger partial charge in [-0.05, 0) is 48.9 Å². The van der Waals surface area contributed by atoms with Crippen molar-refractivity contribution in [3.8, 4) is 5.75 Å². The molecule has 0 aromatic heterocycles. The third-order valence-corrected chi connectivity index (χ3v) is 3.08. The van der Waals surface area contributed by atoms with Crippen molar-refractivity contribution in [3.05, 3.63) is 59.2 Å². The topological polar surface area (TPSA) is 75.6 Å². The number of carbonyl (C=O) groups is 2. The van der Waals surface area contributed by atoms with Crippen molar-refractivity contribution in [3.63, 3.8) is 0 Å². The van der Waals surface area contributed by atoms with Crippen molar-refractivity contribution < 1.29 is 19.4 Å². The number of aromatic carboxylic acids is 1. The van der Waals surface area contributed by atoms with Gasteiger partial charge in [0.25, 0.3) is 5.91 Å². The van der Waals surface area contributed by atoms with E-state index in [0.717, 1.165) is 0 Å². The smallest absolute Gasteiger partial charge is 0.336 e. The van der Waals surface area contributed by atoms with E-state index in [-0.39, 0.29) is 11.5 Å². The second-order valence-electron chi connectivity index (χ2n) is 4.52. The summed E-state index contributed by atoms with van der Waals surface area (Å²) in [6.45, 7) is 1.71. The summed E-state index contributed by atoms with van der Waals surface area (Å²) in [6, 6.07) is 11.4. The Hall–Kier alpha value is -2.82. The molecule has 2 aromatic rings. The van der Waals surface area contributed by atoms with Crippen LogP contribution in [0.15, 0.2) is 42.5 Å². The molecular formula is C16H15NO4. The monoisotopic (exact) mass is 285 g/mol. The molecule has 0 heterocycles. The van der Waals surface area contributed by atoms with Gasteiger partial charge in [-0.3, -0.25) is 4.79 Å². The number of carboxylic acid groups (broad SMARTS) is 1. The summed E-state index contributed by atoms with van der Waals surface area (Å²) in [7, 11) is 1.55. The molecule has 0 aliphatic rings. The number of aryl methyl sites for hydroxylation is 1. The molecule has 0 spiro atoms. The Morgan fingerprint density at radius 3 is 2.33 bits per heavy atom. The largest absolute Gasteiger partial charge is 0.497 e. The van der Waals surface area contributed by atoms with Crippen molar-refractivity contribution in [2.75, 3.05) is 12.4 Å². The van der Waals surface area contributed by atoms with Crippen LogP contribution in [0.5, 0.6) is 5.75 Å². The van der Waals surface area contributed by atoms with Crippen LogP contribution in [0.1, 0.15) is 26.3 Å². The Bertz CT molecular complexity index is 677. The molecule has 1 amide bonds. The lowest BCUT2D eigenvalue weighted by atomic mass is 10.1. The second kappa shape index (κ2) is 6.09. The number of methoxy groups -OCH3 is 1. The maximum atomic E-state index is 12.1. The van der Waals surface area contributed by atoms with E-state index >= 15 is 0 Å². The molecular weight excluding hydrogens is 270 g/mol. The number of nitrogens with one attached hydrogen (secondary N) is 1. The van der Waals surface area contributed by atoms with E-state index in [1.165, 1.54) is 6.07 Å². The van der Waals surface area contributed by atoms with Gasteiger partial charge in [0.15, 0.2) is 0 Å². The third-order valence-electron chi connectivity index (χ3n) is 3.08. The lowest BCUT2D eigenvalue weighted by Crippen LogP contribution is -2.12. The average Bonchev–Trinajstić information content (AvgIpc) is 2.49. The zero-order valence-electron chi connectivity index (χ0n) is 11.7. The van der Waals surface area contributed by atoms with Gasteiger partial charge >= 0.3 is 5.97 Å². The van der Waals surface area contributed by atoms with Gasteiger partial charge in [0.05, 0.1) is 12.7 Å². The maximum absolute atomic E-state index is 12.1. The minimum Gasteiger partial charge on any atom is -0.497 e. The Morgan fingerprint density at radius 1 is 1.10 bits per heavy atom. The molecule has 0 unspecified atom stereocenters. The van der Waals surface area contributed by atoms with E-state index in [1.54, 1.807) is 50.4 Å². The normalized spacial score (nSPS) is 10.0. The molecule has 5 heteroatoms. The summed E-state index contributed by atoms with van der Waals surface area (Å²) in [6.07, 6.45) is 0. The van der Waals surface area contributed by atoms with E-state index in [9.17, 15) is 9.59 Å². The van der Waals surface area contributed by atoms with Crippen LogP contribution in [0.3, 0.4) is 0 Å². The molecule has 0 fully saturated rings. The summed E-state index contributed by atoms with van der Waals surface area (Å²) in [4.78, 5) is 23.2. The Morgan fingerprint density at radius 2 is 1.76 bits per heavy atom. The zero-order chi connectivity index (χ0) is 15.4. The van der Waals surface area contributed by atoms with Crippen LogP contribution in [-0.2, 0) is 0 Å². The number of hydrogen-bond donors (Lipinski definition) is 2. The number of benzene rings is 2. The molecule has 0 saturated carbocycles. The van der Waals surface area contributed by atoms with Gasteiger partial charge in [-0.2, -0.15) is 0 Å². The molecule has 0 bridgehead atoms. The molecule has 21 heavy (non-hydrogen) atoms. The predicted octanol–water partition coefficient (Wildman–Crippen LogP) is 2.95.